The van der Waals surface area contributed by atoms with Crippen LogP contribution in [0.25, 0.3) is 27.3 Å². The zero-order valence-corrected chi connectivity index (χ0v) is 13.4. The fourth-order valence-electron chi connectivity index (χ4n) is 2.84. The van der Waals surface area contributed by atoms with E-state index in [1.54, 1.807) is 5.56 Å². The average molecular weight is 292 g/mol. The average Bonchev–Trinajstić information content (AvgIpc) is 2.96. The van der Waals surface area contributed by atoms with E-state index < -0.39 is 0 Å². The Morgan fingerprint density at radius 3 is 2.52 bits per heavy atom. The molecule has 1 aliphatic rings. The van der Waals surface area contributed by atoms with Crippen molar-refractivity contribution in [3.63, 3.8) is 0 Å². The van der Waals surface area contributed by atoms with Crippen LogP contribution in [0.1, 0.15) is 30.7 Å². The summed E-state index contributed by atoms with van der Waals surface area (Å²) in [6, 6.07) is 17.4. The Morgan fingerprint density at radius 1 is 0.905 bits per heavy atom. The van der Waals surface area contributed by atoms with Gasteiger partial charge in [-0.3, -0.25) is 0 Å². The molecule has 3 aromatic rings. The van der Waals surface area contributed by atoms with E-state index in [4.69, 9.17) is 0 Å². The van der Waals surface area contributed by atoms with Gasteiger partial charge in [-0.1, -0.05) is 68.5 Å². The van der Waals surface area contributed by atoms with Crippen molar-refractivity contribution in [1.82, 2.24) is 0 Å². The highest BCUT2D eigenvalue weighted by Gasteiger charge is 2.15. The van der Waals surface area contributed by atoms with Gasteiger partial charge in [-0.2, -0.15) is 0 Å². The largest absolute Gasteiger partial charge is 0.135 e. The molecule has 0 fully saturated rings. The van der Waals surface area contributed by atoms with Crippen molar-refractivity contribution < 1.29 is 0 Å². The summed E-state index contributed by atoms with van der Waals surface area (Å²) in [5, 5.41) is 1.45. The van der Waals surface area contributed by atoms with Crippen molar-refractivity contribution in [3.05, 3.63) is 65.0 Å². The lowest BCUT2D eigenvalue weighted by Crippen LogP contribution is -1.88. The first-order chi connectivity index (χ1) is 10.4. The summed E-state index contributed by atoms with van der Waals surface area (Å²) in [5.74, 6) is 0. The number of benzene rings is 2. The van der Waals surface area contributed by atoms with Crippen LogP contribution in [0.5, 0.6) is 0 Å². The van der Waals surface area contributed by atoms with Crippen LogP contribution in [0.4, 0.5) is 0 Å². The fourth-order valence-corrected chi connectivity index (χ4v) is 4.16. The number of hydrogen-bond acceptors (Lipinski definition) is 1. The summed E-state index contributed by atoms with van der Waals surface area (Å²) in [5.41, 5.74) is 4.22. The Kier molecular flexibility index (Phi) is 4.21. The quantitative estimate of drug-likeness (QED) is 0.477. The number of allylic oxidation sites excluding steroid dienone is 1. The molecule has 106 valence electrons. The van der Waals surface area contributed by atoms with Crippen LogP contribution in [-0.4, -0.2) is 0 Å². The molecular formula is C20H20S. The number of hydrogen-bond donors (Lipinski definition) is 0. The summed E-state index contributed by atoms with van der Waals surface area (Å²) < 4.78 is 1.44. The van der Waals surface area contributed by atoms with Crippen LogP contribution in [0.3, 0.4) is 0 Å². The number of rotatable bonds is 1. The summed E-state index contributed by atoms with van der Waals surface area (Å²) in [7, 11) is 0. The third kappa shape index (κ3) is 2.54. The Morgan fingerprint density at radius 2 is 1.71 bits per heavy atom. The predicted octanol–water partition coefficient (Wildman–Crippen LogP) is 6.55. The maximum absolute atomic E-state index is 2.29. The molecule has 0 saturated heterocycles. The van der Waals surface area contributed by atoms with E-state index in [-0.39, 0.29) is 0 Å². The Balaban J connectivity index is 0.000000636. The Bertz CT molecular complexity index is 763. The lowest BCUT2D eigenvalue weighted by atomic mass is 9.98. The Hall–Kier alpha value is -1.86. The van der Waals surface area contributed by atoms with E-state index in [0.29, 0.717) is 0 Å². The second-order valence-corrected chi connectivity index (χ2v) is 5.99. The van der Waals surface area contributed by atoms with Crippen molar-refractivity contribution in [2.24, 2.45) is 0 Å². The van der Waals surface area contributed by atoms with Crippen molar-refractivity contribution in [3.8, 4) is 11.1 Å². The van der Waals surface area contributed by atoms with Gasteiger partial charge in [0.25, 0.3) is 0 Å². The molecule has 0 atom stereocenters. The van der Waals surface area contributed by atoms with Crippen LogP contribution in [-0.2, 0) is 6.42 Å². The maximum Gasteiger partial charge on any atom is 0.0430 e. The molecule has 1 heteroatoms. The second-order valence-electron chi connectivity index (χ2n) is 4.93. The molecule has 0 spiro atoms. The van der Waals surface area contributed by atoms with Gasteiger partial charge in [0.2, 0.25) is 0 Å². The minimum absolute atomic E-state index is 1.17. The summed E-state index contributed by atoms with van der Waals surface area (Å²) in [6.07, 6.45) is 6.94. The highest BCUT2D eigenvalue weighted by Crippen LogP contribution is 2.40. The molecule has 0 nitrogen and oxygen atoms in total. The summed E-state index contributed by atoms with van der Waals surface area (Å²) in [4.78, 5) is 1.45. The standard InChI is InChI=1S/C18H14S.C2H6/c1-2-7-13(8-3-1)14-10-6-11-16-15-9-4-5-12-17(15)19-18(14)16;1-2/h1-3,5-8,10-12H,4,9H2;1-2H3. The van der Waals surface area contributed by atoms with Gasteiger partial charge in [0.15, 0.2) is 0 Å². The summed E-state index contributed by atoms with van der Waals surface area (Å²) in [6.45, 7) is 4.00. The van der Waals surface area contributed by atoms with Crippen molar-refractivity contribution >= 4 is 27.5 Å². The molecule has 0 saturated carbocycles. The molecule has 21 heavy (non-hydrogen) atoms. The van der Waals surface area contributed by atoms with E-state index in [1.807, 2.05) is 25.2 Å². The van der Waals surface area contributed by atoms with Gasteiger partial charge < -0.3 is 0 Å². The minimum atomic E-state index is 1.17. The molecule has 4 rings (SSSR count). The molecule has 0 unspecified atom stereocenters. The van der Waals surface area contributed by atoms with Gasteiger partial charge >= 0.3 is 0 Å². The number of fused-ring (bicyclic) bond motifs is 3. The lowest BCUT2D eigenvalue weighted by Gasteiger charge is -2.05. The molecule has 1 aliphatic carbocycles. The van der Waals surface area contributed by atoms with Crippen molar-refractivity contribution in [1.29, 1.82) is 0 Å². The third-order valence-corrected chi connectivity index (χ3v) is 5.01. The van der Waals surface area contributed by atoms with Crippen LogP contribution >= 0.6 is 11.3 Å². The third-order valence-electron chi connectivity index (χ3n) is 3.76. The van der Waals surface area contributed by atoms with Gasteiger partial charge in [-0.25, -0.2) is 0 Å². The minimum Gasteiger partial charge on any atom is -0.135 e. The van der Waals surface area contributed by atoms with E-state index >= 15 is 0 Å². The zero-order chi connectivity index (χ0) is 14.7. The van der Waals surface area contributed by atoms with Gasteiger partial charge in [0.1, 0.15) is 0 Å². The fraction of sp³-hybridized carbons (Fsp3) is 0.200. The van der Waals surface area contributed by atoms with Gasteiger partial charge in [-0.15, -0.1) is 11.3 Å². The SMILES string of the molecule is C1=Cc2sc3c(-c4ccccc4)cccc3c2CC1.CC. The maximum atomic E-state index is 2.29. The topological polar surface area (TPSA) is 0 Å². The highest BCUT2D eigenvalue weighted by molar-refractivity contribution is 7.20. The first-order valence-electron chi connectivity index (χ1n) is 7.70. The molecule has 0 N–H and O–H groups in total. The second kappa shape index (κ2) is 6.28. The van der Waals surface area contributed by atoms with Crippen molar-refractivity contribution in [2.45, 2.75) is 26.7 Å². The van der Waals surface area contributed by atoms with Gasteiger partial charge in [0, 0.05) is 9.58 Å². The normalized spacial score (nSPS) is 12.7. The molecule has 1 heterocycles. The first-order valence-corrected chi connectivity index (χ1v) is 8.51. The monoisotopic (exact) mass is 292 g/mol. The lowest BCUT2D eigenvalue weighted by molar-refractivity contribution is 1.01. The molecule has 2 aromatic carbocycles. The van der Waals surface area contributed by atoms with Gasteiger partial charge in [0.05, 0.1) is 0 Å². The van der Waals surface area contributed by atoms with Crippen LogP contribution < -0.4 is 0 Å². The molecular weight excluding hydrogens is 272 g/mol. The first kappa shape index (κ1) is 14.1. The number of thiophene rings is 1. The van der Waals surface area contributed by atoms with E-state index in [1.165, 1.54) is 38.9 Å². The van der Waals surface area contributed by atoms with Gasteiger partial charge in [-0.05, 0) is 41.0 Å². The Labute approximate surface area is 130 Å². The van der Waals surface area contributed by atoms with Crippen LogP contribution in [0.15, 0.2) is 54.6 Å². The molecule has 0 amide bonds. The zero-order valence-electron chi connectivity index (χ0n) is 12.6. The van der Waals surface area contributed by atoms with E-state index in [9.17, 15) is 0 Å². The van der Waals surface area contributed by atoms with E-state index in [2.05, 4.69) is 60.7 Å². The smallest absolute Gasteiger partial charge is 0.0430 e. The van der Waals surface area contributed by atoms with Crippen LogP contribution in [0, 0.1) is 0 Å². The summed E-state index contributed by atoms with van der Waals surface area (Å²) >= 11 is 1.93. The van der Waals surface area contributed by atoms with Crippen LogP contribution in [0.2, 0.25) is 0 Å². The number of aryl methyl sites for hydroxylation is 1. The molecule has 0 aliphatic heterocycles. The van der Waals surface area contributed by atoms with Crippen molar-refractivity contribution in [2.75, 3.05) is 0 Å². The van der Waals surface area contributed by atoms with E-state index in [0.717, 1.165) is 0 Å². The predicted molar refractivity (Wildman–Crippen MR) is 96.0 cm³/mol. The molecule has 1 aromatic heterocycles. The molecule has 0 radical (unpaired) electrons. The molecule has 0 bridgehead atoms. The highest BCUT2D eigenvalue weighted by atomic mass is 32.1.